The molecule has 1 amide bonds. The maximum atomic E-state index is 12.3. The molecule has 3 aromatic rings. The quantitative estimate of drug-likeness (QED) is 0.631. The fourth-order valence-corrected chi connectivity index (χ4v) is 2.82. The van der Waals surface area contributed by atoms with Gasteiger partial charge in [-0.05, 0) is 32.4 Å². The number of anilines is 1. The Hall–Kier alpha value is -2.79. The molecule has 2 aromatic carbocycles. The van der Waals surface area contributed by atoms with Crippen molar-refractivity contribution in [3.63, 3.8) is 0 Å². The second kappa shape index (κ2) is 7.62. The molecule has 1 atom stereocenters. The van der Waals surface area contributed by atoms with Crippen LogP contribution in [-0.2, 0) is 4.74 Å². The van der Waals surface area contributed by atoms with E-state index < -0.39 is 12.2 Å². The standard InChI is InChI=1S/C20H18ClN2O3/c1-12-8-10-15(11-9-12)19-18(13(2)23-26-19)22-20(24)25-14(3)16-6-4-5-7-17(16)21/h4-11,14H,1H2,2-3H3,(H,22,24). The van der Waals surface area contributed by atoms with Crippen LogP contribution in [-0.4, -0.2) is 11.2 Å². The van der Waals surface area contributed by atoms with E-state index in [0.717, 1.165) is 16.7 Å². The fourth-order valence-electron chi connectivity index (χ4n) is 2.53. The smallest absolute Gasteiger partial charge is 0.412 e. The van der Waals surface area contributed by atoms with Gasteiger partial charge >= 0.3 is 6.09 Å². The Morgan fingerprint density at radius 3 is 2.62 bits per heavy atom. The first-order chi connectivity index (χ1) is 12.5. The number of aryl methyl sites for hydroxylation is 1. The molecule has 1 radical (unpaired) electrons. The van der Waals surface area contributed by atoms with Crippen molar-refractivity contribution >= 4 is 23.4 Å². The molecule has 26 heavy (non-hydrogen) atoms. The van der Waals surface area contributed by atoms with Gasteiger partial charge in [-0.3, -0.25) is 5.32 Å². The normalized spacial score (nSPS) is 11.8. The Labute approximate surface area is 156 Å². The van der Waals surface area contributed by atoms with Crippen molar-refractivity contribution in [1.82, 2.24) is 5.16 Å². The van der Waals surface area contributed by atoms with Crippen molar-refractivity contribution < 1.29 is 14.1 Å². The summed E-state index contributed by atoms with van der Waals surface area (Å²) in [6.45, 7) is 7.36. The highest BCUT2D eigenvalue weighted by molar-refractivity contribution is 6.31. The molecule has 1 heterocycles. The molecule has 0 spiro atoms. The lowest BCUT2D eigenvalue weighted by atomic mass is 10.1. The number of hydrogen-bond acceptors (Lipinski definition) is 4. The first-order valence-electron chi connectivity index (χ1n) is 8.06. The van der Waals surface area contributed by atoms with Gasteiger partial charge in [0.05, 0.1) is 0 Å². The zero-order valence-corrected chi connectivity index (χ0v) is 15.2. The second-order valence-electron chi connectivity index (χ2n) is 5.86. The number of benzene rings is 2. The minimum absolute atomic E-state index is 0.463. The summed E-state index contributed by atoms with van der Waals surface area (Å²) in [6, 6.07) is 14.6. The predicted octanol–water partition coefficient (Wildman–Crippen LogP) is 5.80. The lowest BCUT2D eigenvalue weighted by molar-refractivity contribution is 0.121. The largest absolute Gasteiger partial charge is 0.441 e. The van der Waals surface area contributed by atoms with Crippen molar-refractivity contribution in [2.75, 3.05) is 5.32 Å². The highest BCUT2D eigenvalue weighted by atomic mass is 35.5. The van der Waals surface area contributed by atoms with Gasteiger partial charge < -0.3 is 9.26 Å². The molecule has 0 aliphatic heterocycles. The summed E-state index contributed by atoms with van der Waals surface area (Å²) in [5.74, 6) is 0.463. The Morgan fingerprint density at radius 1 is 1.23 bits per heavy atom. The number of rotatable bonds is 4. The number of nitrogens with one attached hydrogen (secondary N) is 1. The van der Waals surface area contributed by atoms with Gasteiger partial charge in [0.25, 0.3) is 0 Å². The molecular weight excluding hydrogens is 352 g/mol. The number of aromatic nitrogens is 1. The first-order valence-corrected chi connectivity index (χ1v) is 8.44. The Bertz CT molecular complexity index is 919. The molecule has 0 fully saturated rings. The SMILES string of the molecule is [CH2]c1ccc(-c2onc(C)c2NC(=O)OC(C)c2ccccc2Cl)cc1. The van der Waals surface area contributed by atoms with Gasteiger partial charge in [0.15, 0.2) is 5.76 Å². The van der Waals surface area contributed by atoms with Crippen LogP contribution < -0.4 is 5.32 Å². The molecule has 0 aliphatic rings. The lowest BCUT2D eigenvalue weighted by Crippen LogP contribution is -2.17. The van der Waals surface area contributed by atoms with Gasteiger partial charge in [-0.15, -0.1) is 0 Å². The molecule has 0 bridgehead atoms. The highest BCUT2D eigenvalue weighted by Crippen LogP contribution is 2.32. The van der Waals surface area contributed by atoms with Gasteiger partial charge in [0, 0.05) is 16.1 Å². The number of amides is 1. The molecule has 0 saturated heterocycles. The van der Waals surface area contributed by atoms with Crippen molar-refractivity contribution in [3.8, 4) is 11.3 Å². The van der Waals surface area contributed by atoms with E-state index in [1.165, 1.54) is 0 Å². The van der Waals surface area contributed by atoms with E-state index in [0.29, 0.717) is 22.2 Å². The van der Waals surface area contributed by atoms with Crippen molar-refractivity contribution in [2.45, 2.75) is 20.0 Å². The Morgan fingerprint density at radius 2 is 1.92 bits per heavy atom. The molecule has 133 valence electrons. The number of halogens is 1. The average Bonchev–Trinajstić information content (AvgIpc) is 2.96. The van der Waals surface area contributed by atoms with Crippen LogP contribution in [0.25, 0.3) is 11.3 Å². The average molecular weight is 370 g/mol. The molecule has 5 nitrogen and oxygen atoms in total. The molecule has 0 aliphatic carbocycles. The van der Waals surface area contributed by atoms with Gasteiger partial charge in [-0.25, -0.2) is 4.79 Å². The predicted molar refractivity (Wildman–Crippen MR) is 101 cm³/mol. The summed E-state index contributed by atoms with van der Waals surface area (Å²) >= 11 is 6.15. The molecule has 1 unspecified atom stereocenters. The molecule has 3 rings (SSSR count). The van der Waals surface area contributed by atoms with E-state index in [9.17, 15) is 4.79 Å². The summed E-state index contributed by atoms with van der Waals surface area (Å²) in [5.41, 5.74) is 3.43. The monoisotopic (exact) mass is 369 g/mol. The Kier molecular flexibility index (Phi) is 5.28. The summed E-state index contributed by atoms with van der Waals surface area (Å²) < 4.78 is 10.8. The van der Waals surface area contributed by atoms with Crippen LogP contribution in [0.2, 0.25) is 5.02 Å². The number of ether oxygens (including phenoxy) is 1. The molecule has 1 aromatic heterocycles. The highest BCUT2D eigenvalue weighted by Gasteiger charge is 2.20. The summed E-state index contributed by atoms with van der Waals surface area (Å²) in [4.78, 5) is 12.3. The maximum Gasteiger partial charge on any atom is 0.412 e. The van der Waals surface area contributed by atoms with Gasteiger partial charge in [0.2, 0.25) is 0 Å². The van der Waals surface area contributed by atoms with Gasteiger partial charge in [0.1, 0.15) is 17.5 Å². The van der Waals surface area contributed by atoms with Crippen LogP contribution in [0, 0.1) is 13.8 Å². The van der Waals surface area contributed by atoms with Crippen molar-refractivity contribution in [1.29, 1.82) is 0 Å². The van der Waals surface area contributed by atoms with Crippen LogP contribution in [0.5, 0.6) is 0 Å². The summed E-state index contributed by atoms with van der Waals surface area (Å²) in [5, 5.41) is 7.20. The number of nitrogens with zero attached hydrogens (tertiary/aromatic N) is 1. The van der Waals surface area contributed by atoms with E-state index in [1.807, 2.05) is 42.5 Å². The minimum atomic E-state index is -0.612. The first kappa shape index (κ1) is 18.0. The van der Waals surface area contributed by atoms with Gasteiger partial charge in [-0.1, -0.05) is 59.2 Å². The van der Waals surface area contributed by atoms with Crippen LogP contribution in [0.15, 0.2) is 53.1 Å². The molecule has 6 heteroatoms. The van der Waals surface area contributed by atoms with E-state index in [1.54, 1.807) is 19.9 Å². The minimum Gasteiger partial charge on any atom is -0.441 e. The van der Waals surface area contributed by atoms with Crippen LogP contribution in [0.1, 0.15) is 29.8 Å². The van der Waals surface area contributed by atoms with E-state index in [-0.39, 0.29) is 0 Å². The topological polar surface area (TPSA) is 64.4 Å². The van der Waals surface area contributed by atoms with Gasteiger partial charge in [-0.2, -0.15) is 0 Å². The third kappa shape index (κ3) is 3.89. The molecular formula is C20H18ClN2O3. The maximum absolute atomic E-state index is 12.3. The third-order valence-corrected chi connectivity index (χ3v) is 4.28. The number of carbonyl (C=O) groups is 1. The van der Waals surface area contributed by atoms with E-state index in [2.05, 4.69) is 17.4 Å². The van der Waals surface area contributed by atoms with E-state index in [4.69, 9.17) is 20.9 Å². The fraction of sp³-hybridized carbons (Fsp3) is 0.150. The number of carbonyl (C=O) groups excluding carboxylic acids is 1. The second-order valence-corrected chi connectivity index (χ2v) is 6.27. The zero-order chi connectivity index (χ0) is 18.7. The van der Waals surface area contributed by atoms with Crippen molar-refractivity contribution in [3.05, 3.63) is 77.3 Å². The van der Waals surface area contributed by atoms with Crippen LogP contribution in [0.3, 0.4) is 0 Å². The van der Waals surface area contributed by atoms with E-state index >= 15 is 0 Å². The zero-order valence-electron chi connectivity index (χ0n) is 14.5. The number of hydrogen-bond donors (Lipinski definition) is 1. The van der Waals surface area contributed by atoms with Crippen molar-refractivity contribution in [2.24, 2.45) is 0 Å². The summed E-state index contributed by atoms with van der Waals surface area (Å²) in [7, 11) is 0. The summed E-state index contributed by atoms with van der Waals surface area (Å²) in [6.07, 6.45) is -1.11. The van der Waals surface area contributed by atoms with Crippen LogP contribution in [0.4, 0.5) is 10.5 Å². The van der Waals surface area contributed by atoms with Crippen LogP contribution >= 0.6 is 11.6 Å². The Balaban J connectivity index is 1.77. The molecule has 0 saturated carbocycles. The third-order valence-electron chi connectivity index (χ3n) is 3.93. The molecule has 1 N–H and O–H groups in total. The lowest BCUT2D eigenvalue weighted by Gasteiger charge is -2.15.